The second-order valence-corrected chi connectivity index (χ2v) is 8.89. The number of fused-ring (bicyclic) bond motifs is 2. The summed E-state index contributed by atoms with van der Waals surface area (Å²) in [6, 6.07) is 10.6. The first-order valence-corrected chi connectivity index (χ1v) is 12.2. The maximum atomic E-state index is 5.74. The monoisotopic (exact) mass is 490 g/mol. The third-order valence-corrected chi connectivity index (χ3v) is 6.73. The highest BCUT2D eigenvalue weighted by molar-refractivity contribution is 7.21. The molecular weight excluding hydrogens is 454 g/mol. The minimum atomic E-state index is 0.618. The summed E-state index contributed by atoms with van der Waals surface area (Å²) in [5, 5.41) is 1.01. The molecule has 9 heteroatoms. The standard InChI is InChI=1S/C25H36N3O5S/c1-29-12-8-27(9-13-30-2)19-6-7-20-24(16-19)34-25-18-22(23(33-5)17-21(25)26-20)28(10-14-31-3)11-15-32-4/h6-7,16-18H,8-15H2,1-5H3/q+1. The van der Waals surface area contributed by atoms with Crippen LogP contribution < -0.4 is 19.6 Å². The van der Waals surface area contributed by atoms with Gasteiger partial charge in [0, 0.05) is 59.3 Å². The molecule has 1 aliphatic heterocycles. The lowest BCUT2D eigenvalue weighted by molar-refractivity contribution is 0.170. The van der Waals surface area contributed by atoms with Gasteiger partial charge < -0.3 is 28.6 Å². The minimum Gasteiger partial charge on any atom is -0.490 e. The number of aromatic nitrogens is 1. The molecule has 3 rings (SSSR count). The lowest BCUT2D eigenvalue weighted by atomic mass is 10.2. The largest absolute Gasteiger partial charge is 0.490 e. The predicted octanol–water partition coefficient (Wildman–Crippen LogP) is 2.57. The first kappa shape index (κ1) is 26.3. The highest BCUT2D eigenvalue weighted by Crippen LogP contribution is 2.33. The van der Waals surface area contributed by atoms with Crippen molar-refractivity contribution < 1.29 is 23.7 Å². The van der Waals surface area contributed by atoms with E-state index in [0.717, 1.165) is 63.8 Å². The topological polar surface area (TPSA) is 65.3 Å². The van der Waals surface area contributed by atoms with E-state index < -0.39 is 0 Å². The van der Waals surface area contributed by atoms with Crippen LogP contribution in [-0.4, -0.2) is 93.1 Å². The number of ether oxygens (including phenoxy) is 5. The summed E-state index contributed by atoms with van der Waals surface area (Å²) in [5.41, 5.74) is 3.01. The van der Waals surface area contributed by atoms with Crippen molar-refractivity contribution in [2.75, 3.05) is 93.1 Å². The van der Waals surface area contributed by atoms with Gasteiger partial charge in [-0.1, -0.05) is 0 Å². The third kappa shape index (κ3) is 6.64. The van der Waals surface area contributed by atoms with E-state index in [0.29, 0.717) is 26.4 Å². The van der Waals surface area contributed by atoms with Crippen LogP contribution in [0.15, 0.2) is 30.3 Å². The van der Waals surface area contributed by atoms with Gasteiger partial charge in [-0.15, -0.1) is 11.3 Å². The zero-order chi connectivity index (χ0) is 24.3. The van der Waals surface area contributed by atoms with Crippen LogP contribution in [0.2, 0.25) is 0 Å². The summed E-state index contributed by atoms with van der Waals surface area (Å²) in [6.07, 6.45) is 0. The van der Waals surface area contributed by atoms with Gasteiger partial charge in [-0.05, 0) is 18.2 Å². The Morgan fingerprint density at radius 2 is 1.47 bits per heavy atom. The zero-order valence-corrected chi connectivity index (χ0v) is 21.7. The Morgan fingerprint density at radius 1 is 0.824 bits per heavy atom. The molecule has 186 valence electrons. The summed E-state index contributed by atoms with van der Waals surface area (Å²) >= 11 is 1.73. The van der Waals surface area contributed by atoms with Crippen molar-refractivity contribution in [2.45, 2.75) is 0 Å². The molecule has 0 saturated carbocycles. The number of rotatable bonds is 14. The summed E-state index contributed by atoms with van der Waals surface area (Å²) in [4.78, 5) is 8.31. The van der Waals surface area contributed by atoms with Crippen molar-refractivity contribution in [3.63, 3.8) is 0 Å². The van der Waals surface area contributed by atoms with Crippen molar-refractivity contribution >= 4 is 27.2 Å². The number of nitrogens with zero attached hydrogens (tertiary/aromatic N) is 3. The molecule has 0 amide bonds. The van der Waals surface area contributed by atoms with Crippen molar-refractivity contribution in [2.24, 2.45) is 0 Å². The van der Waals surface area contributed by atoms with Gasteiger partial charge in [0.2, 0.25) is 5.36 Å². The lowest BCUT2D eigenvalue weighted by Crippen LogP contribution is -2.36. The van der Waals surface area contributed by atoms with Crippen LogP contribution in [-0.2, 0) is 18.9 Å². The van der Waals surface area contributed by atoms with E-state index in [2.05, 4.69) is 33.7 Å². The number of hydrogen-bond acceptors (Lipinski definition) is 8. The number of anilines is 1. The van der Waals surface area contributed by atoms with Gasteiger partial charge in [0.1, 0.15) is 13.2 Å². The van der Waals surface area contributed by atoms with Gasteiger partial charge in [0.05, 0.1) is 41.1 Å². The summed E-state index contributed by atoms with van der Waals surface area (Å²) in [7, 11) is 8.57. The van der Waals surface area contributed by atoms with E-state index >= 15 is 0 Å². The normalized spacial score (nSPS) is 11.3. The molecule has 0 bridgehead atoms. The Kier molecular flexibility index (Phi) is 10.5. The van der Waals surface area contributed by atoms with Crippen molar-refractivity contribution in [3.8, 4) is 16.3 Å². The molecule has 0 N–H and O–H groups in total. The summed E-state index contributed by atoms with van der Waals surface area (Å²) in [6.45, 7) is 5.63. The van der Waals surface area contributed by atoms with Crippen LogP contribution in [0.1, 0.15) is 0 Å². The fraction of sp³-hybridized carbons (Fsp3) is 0.520. The maximum absolute atomic E-state index is 5.74. The molecule has 1 aromatic rings. The second-order valence-electron chi connectivity index (χ2n) is 7.80. The third-order valence-electron chi connectivity index (χ3n) is 5.63. The Labute approximate surface area is 205 Å². The fourth-order valence-corrected chi connectivity index (χ4v) is 4.78. The van der Waals surface area contributed by atoms with E-state index in [-0.39, 0.29) is 0 Å². The first-order chi connectivity index (χ1) is 16.6. The maximum Gasteiger partial charge on any atom is 0.244 e. The molecule has 0 atom stereocenters. The SMILES string of the molecule is COCCN(CCOC)c1ccc2nc3cc(OC)c(=[N+](CCOC)CCOC)cc-3sc2c1. The molecule has 1 aromatic carbocycles. The molecule has 1 aliphatic carbocycles. The Morgan fingerprint density at radius 3 is 2.06 bits per heavy atom. The van der Waals surface area contributed by atoms with Crippen molar-refractivity contribution in [1.82, 2.24) is 9.56 Å². The quantitative estimate of drug-likeness (QED) is 0.254. The van der Waals surface area contributed by atoms with Gasteiger partial charge in [-0.25, -0.2) is 9.56 Å². The van der Waals surface area contributed by atoms with Crippen LogP contribution in [0.25, 0.3) is 20.8 Å². The van der Waals surface area contributed by atoms with Crippen LogP contribution in [0.5, 0.6) is 5.75 Å². The highest BCUT2D eigenvalue weighted by atomic mass is 32.1. The first-order valence-electron chi connectivity index (χ1n) is 11.4. The van der Waals surface area contributed by atoms with E-state index in [1.165, 1.54) is 0 Å². The lowest BCUT2D eigenvalue weighted by Gasteiger charge is -2.24. The molecule has 0 radical (unpaired) electrons. The van der Waals surface area contributed by atoms with Gasteiger partial charge >= 0.3 is 0 Å². The van der Waals surface area contributed by atoms with Crippen molar-refractivity contribution in [3.05, 3.63) is 35.7 Å². The van der Waals surface area contributed by atoms with Gasteiger partial charge in [0.25, 0.3) is 0 Å². The van der Waals surface area contributed by atoms with E-state index in [1.807, 2.05) is 6.07 Å². The van der Waals surface area contributed by atoms with Gasteiger partial charge in [0.15, 0.2) is 18.8 Å². The molecule has 1 heterocycles. The molecule has 0 fully saturated rings. The molecule has 8 nitrogen and oxygen atoms in total. The molecule has 0 unspecified atom stereocenters. The van der Waals surface area contributed by atoms with Gasteiger partial charge in [-0.3, -0.25) is 0 Å². The highest BCUT2D eigenvalue weighted by Gasteiger charge is 2.18. The van der Waals surface area contributed by atoms with Crippen LogP contribution in [0.4, 0.5) is 5.69 Å². The minimum absolute atomic E-state index is 0.618. The molecule has 34 heavy (non-hydrogen) atoms. The van der Waals surface area contributed by atoms with E-state index in [9.17, 15) is 0 Å². The molecule has 0 spiro atoms. The Hall–Kier alpha value is -2.30. The van der Waals surface area contributed by atoms with E-state index in [1.54, 1.807) is 46.9 Å². The Balaban J connectivity index is 2.11. The van der Waals surface area contributed by atoms with Crippen LogP contribution in [0, 0.1) is 0 Å². The number of benzene rings is 2. The number of hydrogen-bond donors (Lipinski definition) is 0. The van der Waals surface area contributed by atoms with Crippen LogP contribution >= 0.6 is 11.3 Å². The molecule has 0 aromatic heterocycles. The van der Waals surface area contributed by atoms with E-state index in [4.69, 9.17) is 28.7 Å². The summed E-state index contributed by atoms with van der Waals surface area (Å²) < 4.78 is 30.4. The average Bonchev–Trinajstić information content (AvgIpc) is 2.86. The van der Waals surface area contributed by atoms with Gasteiger partial charge in [-0.2, -0.15) is 0 Å². The predicted molar refractivity (Wildman–Crippen MR) is 138 cm³/mol. The summed E-state index contributed by atoms with van der Waals surface area (Å²) in [5.74, 6) is 0.792. The molecule has 0 saturated heterocycles. The Bertz CT molecular complexity index is 1070. The average molecular weight is 491 g/mol. The second kappa shape index (κ2) is 13.6. The zero-order valence-electron chi connectivity index (χ0n) is 20.8. The molecular formula is C25H36N3O5S+. The fourth-order valence-electron chi connectivity index (χ4n) is 3.77. The number of methoxy groups -OCH3 is 5. The van der Waals surface area contributed by atoms with Crippen molar-refractivity contribution in [1.29, 1.82) is 0 Å². The smallest absolute Gasteiger partial charge is 0.244 e. The molecule has 2 aliphatic rings. The van der Waals surface area contributed by atoms with Crippen LogP contribution in [0.3, 0.4) is 0 Å².